The zero-order chi connectivity index (χ0) is 11.4. The van der Waals surface area contributed by atoms with Gasteiger partial charge in [-0.25, -0.2) is 0 Å². The Morgan fingerprint density at radius 1 is 1.25 bits per heavy atom. The van der Waals surface area contributed by atoms with E-state index in [4.69, 9.17) is 5.73 Å². The lowest BCUT2D eigenvalue weighted by atomic mass is 10.0. The number of hydrogen-bond donors (Lipinski definition) is 1. The summed E-state index contributed by atoms with van der Waals surface area (Å²) in [6.07, 6.45) is 0. The number of amides is 1. The standard InChI is InChI=1S/C12H18N2O.ClH/c1-9(2)11(13)12(15)14(3)10-7-5-4-6-8-10;/h4-9,11H,13H2,1-3H3;1H. The van der Waals surface area contributed by atoms with Crippen molar-refractivity contribution in [1.82, 2.24) is 0 Å². The Balaban J connectivity index is 0.00000225. The first-order valence-electron chi connectivity index (χ1n) is 5.12. The molecule has 90 valence electrons. The minimum absolute atomic E-state index is 0. The Hall–Kier alpha value is -1.06. The molecule has 3 nitrogen and oxygen atoms in total. The molecule has 0 bridgehead atoms. The summed E-state index contributed by atoms with van der Waals surface area (Å²) in [5.74, 6) is 0.111. The van der Waals surface area contributed by atoms with Gasteiger partial charge in [0.1, 0.15) is 0 Å². The lowest BCUT2D eigenvalue weighted by molar-refractivity contribution is -0.120. The van der Waals surface area contributed by atoms with E-state index < -0.39 is 6.04 Å². The molecule has 1 rings (SSSR count). The van der Waals surface area contributed by atoms with Crippen molar-refractivity contribution in [2.24, 2.45) is 11.7 Å². The molecule has 1 unspecified atom stereocenters. The Bertz CT molecular complexity index is 327. The number of anilines is 1. The summed E-state index contributed by atoms with van der Waals surface area (Å²) < 4.78 is 0. The molecule has 0 heterocycles. The first-order valence-corrected chi connectivity index (χ1v) is 5.12. The van der Waals surface area contributed by atoms with Crippen LogP contribution in [0.2, 0.25) is 0 Å². The molecule has 0 aromatic heterocycles. The van der Waals surface area contributed by atoms with E-state index in [1.54, 1.807) is 11.9 Å². The maximum Gasteiger partial charge on any atom is 0.243 e. The van der Waals surface area contributed by atoms with Gasteiger partial charge in [0.2, 0.25) is 5.91 Å². The molecule has 2 N–H and O–H groups in total. The number of nitrogens with two attached hydrogens (primary N) is 1. The summed E-state index contributed by atoms with van der Waals surface area (Å²) in [6.45, 7) is 3.89. The van der Waals surface area contributed by atoms with Crippen LogP contribution in [-0.4, -0.2) is 19.0 Å². The molecule has 0 aliphatic carbocycles. The molecule has 16 heavy (non-hydrogen) atoms. The number of hydrogen-bond acceptors (Lipinski definition) is 2. The van der Waals surface area contributed by atoms with Crippen LogP contribution in [0.4, 0.5) is 5.69 Å². The molecule has 1 aromatic carbocycles. The summed E-state index contributed by atoms with van der Waals surface area (Å²) in [6, 6.07) is 9.08. The van der Waals surface area contributed by atoms with Gasteiger partial charge in [-0.1, -0.05) is 32.0 Å². The van der Waals surface area contributed by atoms with Gasteiger partial charge >= 0.3 is 0 Å². The second-order valence-corrected chi connectivity index (χ2v) is 4.00. The maximum absolute atomic E-state index is 11.9. The molecule has 0 saturated carbocycles. The topological polar surface area (TPSA) is 46.3 Å². The highest BCUT2D eigenvalue weighted by atomic mass is 35.5. The van der Waals surface area contributed by atoms with Gasteiger partial charge in [-0.3, -0.25) is 4.79 Å². The van der Waals surface area contributed by atoms with E-state index in [-0.39, 0.29) is 24.2 Å². The Labute approximate surface area is 103 Å². The van der Waals surface area contributed by atoms with E-state index in [9.17, 15) is 4.79 Å². The van der Waals surface area contributed by atoms with Crippen molar-refractivity contribution in [2.75, 3.05) is 11.9 Å². The van der Waals surface area contributed by atoms with Crippen LogP contribution in [-0.2, 0) is 4.79 Å². The molecule has 0 aliphatic rings. The number of benzene rings is 1. The number of para-hydroxylation sites is 1. The first kappa shape index (κ1) is 14.9. The fourth-order valence-electron chi connectivity index (χ4n) is 1.29. The van der Waals surface area contributed by atoms with Gasteiger partial charge in [-0.2, -0.15) is 0 Å². The lowest BCUT2D eigenvalue weighted by Crippen LogP contribution is -2.44. The van der Waals surface area contributed by atoms with Crippen LogP contribution in [0.25, 0.3) is 0 Å². The fourth-order valence-corrected chi connectivity index (χ4v) is 1.29. The van der Waals surface area contributed by atoms with Crippen molar-refractivity contribution in [3.63, 3.8) is 0 Å². The number of halogens is 1. The van der Waals surface area contributed by atoms with Crippen LogP contribution in [0.15, 0.2) is 30.3 Å². The summed E-state index contributed by atoms with van der Waals surface area (Å²) >= 11 is 0. The lowest BCUT2D eigenvalue weighted by Gasteiger charge is -2.23. The van der Waals surface area contributed by atoms with Gasteiger partial charge in [-0.15, -0.1) is 12.4 Å². The predicted molar refractivity (Wildman–Crippen MR) is 69.9 cm³/mol. The molecule has 0 spiro atoms. The SMILES string of the molecule is CC(C)C(N)C(=O)N(C)c1ccccc1.Cl. The molecular formula is C12H19ClN2O. The second kappa shape index (κ2) is 6.51. The molecular weight excluding hydrogens is 224 g/mol. The average molecular weight is 243 g/mol. The van der Waals surface area contributed by atoms with E-state index in [2.05, 4.69) is 0 Å². The smallest absolute Gasteiger partial charge is 0.243 e. The maximum atomic E-state index is 11.9. The van der Waals surface area contributed by atoms with Crippen LogP contribution in [0.5, 0.6) is 0 Å². The van der Waals surface area contributed by atoms with Crippen molar-refractivity contribution in [3.05, 3.63) is 30.3 Å². The van der Waals surface area contributed by atoms with Gasteiger partial charge in [0.15, 0.2) is 0 Å². The monoisotopic (exact) mass is 242 g/mol. The van der Waals surface area contributed by atoms with E-state index in [0.717, 1.165) is 5.69 Å². The second-order valence-electron chi connectivity index (χ2n) is 4.00. The number of rotatable bonds is 3. The number of nitrogens with zero attached hydrogens (tertiary/aromatic N) is 1. The molecule has 0 aliphatic heterocycles. The quantitative estimate of drug-likeness (QED) is 0.882. The van der Waals surface area contributed by atoms with Gasteiger partial charge in [0, 0.05) is 12.7 Å². The molecule has 0 radical (unpaired) electrons. The highest BCUT2D eigenvalue weighted by Gasteiger charge is 2.21. The minimum Gasteiger partial charge on any atom is -0.320 e. The largest absolute Gasteiger partial charge is 0.320 e. The normalized spacial score (nSPS) is 11.8. The molecule has 4 heteroatoms. The van der Waals surface area contributed by atoms with Crippen molar-refractivity contribution in [1.29, 1.82) is 0 Å². The fraction of sp³-hybridized carbons (Fsp3) is 0.417. The van der Waals surface area contributed by atoms with Crippen LogP contribution in [0.1, 0.15) is 13.8 Å². The Morgan fingerprint density at radius 3 is 2.19 bits per heavy atom. The highest BCUT2D eigenvalue weighted by molar-refractivity contribution is 5.96. The summed E-state index contributed by atoms with van der Waals surface area (Å²) in [5, 5.41) is 0. The third kappa shape index (κ3) is 3.51. The third-order valence-corrected chi connectivity index (χ3v) is 2.48. The summed E-state index contributed by atoms with van der Waals surface area (Å²) in [5.41, 5.74) is 6.68. The van der Waals surface area contributed by atoms with E-state index in [0.29, 0.717) is 0 Å². The van der Waals surface area contributed by atoms with Crippen LogP contribution in [0.3, 0.4) is 0 Å². The van der Waals surface area contributed by atoms with Crippen molar-refractivity contribution in [2.45, 2.75) is 19.9 Å². The first-order chi connectivity index (χ1) is 7.04. The van der Waals surface area contributed by atoms with Gasteiger partial charge in [-0.05, 0) is 18.1 Å². The van der Waals surface area contributed by atoms with Crippen LogP contribution < -0.4 is 10.6 Å². The third-order valence-electron chi connectivity index (χ3n) is 2.48. The zero-order valence-electron chi connectivity index (χ0n) is 9.88. The Kier molecular flexibility index (Phi) is 6.08. The van der Waals surface area contributed by atoms with Crippen molar-refractivity contribution >= 4 is 24.0 Å². The highest BCUT2D eigenvalue weighted by Crippen LogP contribution is 2.13. The number of carbonyl (C=O) groups is 1. The average Bonchev–Trinajstić information content (AvgIpc) is 2.27. The van der Waals surface area contributed by atoms with Gasteiger partial charge in [0.05, 0.1) is 6.04 Å². The van der Waals surface area contributed by atoms with E-state index in [1.165, 1.54) is 0 Å². The molecule has 0 fully saturated rings. The Morgan fingerprint density at radius 2 is 1.75 bits per heavy atom. The van der Waals surface area contributed by atoms with E-state index in [1.807, 2.05) is 44.2 Å². The molecule has 1 amide bonds. The molecule has 1 atom stereocenters. The van der Waals surface area contributed by atoms with Crippen LogP contribution >= 0.6 is 12.4 Å². The summed E-state index contributed by atoms with van der Waals surface area (Å²) in [4.78, 5) is 13.5. The number of likely N-dealkylation sites (N-methyl/N-ethyl adjacent to an activating group) is 1. The van der Waals surface area contributed by atoms with Crippen molar-refractivity contribution in [3.8, 4) is 0 Å². The molecule has 1 aromatic rings. The van der Waals surface area contributed by atoms with Gasteiger partial charge < -0.3 is 10.6 Å². The van der Waals surface area contributed by atoms with Crippen molar-refractivity contribution < 1.29 is 4.79 Å². The van der Waals surface area contributed by atoms with Crippen LogP contribution in [0, 0.1) is 5.92 Å². The molecule has 0 saturated heterocycles. The minimum atomic E-state index is -0.435. The van der Waals surface area contributed by atoms with E-state index >= 15 is 0 Å². The predicted octanol–water partition coefficient (Wildman–Crippen LogP) is 2.05. The number of carbonyl (C=O) groups excluding carboxylic acids is 1. The zero-order valence-corrected chi connectivity index (χ0v) is 10.7. The summed E-state index contributed by atoms with van der Waals surface area (Å²) in [7, 11) is 1.75. The van der Waals surface area contributed by atoms with Gasteiger partial charge in [0.25, 0.3) is 0 Å².